The zero-order valence-electron chi connectivity index (χ0n) is 10.2. The number of hydrogen-bond donors (Lipinski definition) is 0. The van der Waals surface area contributed by atoms with Crippen LogP contribution < -0.4 is 0 Å². The second kappa shape index (κ2) is 3.95. The van der Waals surface area contributed by atoms with Crippen molar-refractivity contribution in [1.82, 2.24) is 9.78 Å². The molecule has 1 aliphatic rings. The van der Waals surface area contributed by atoms with Gasteiger partial charge in [-0.3, -0.25) is 4.68 Å². The van der Waals surface area contributed by atoms with Gasteiger partial charge < -0.3 is 0 Å². The lowest BCUT2D eigenvalue weighted by molar-refractivity contribution is -0.136. The van der Waals surface area contributed by atoms with Crippen LogP contribution >= 0.6 is 0 Å². The van der Waals surface area contributed by atoms with Gasteiger partial charge in [0.1, 0.15) is 0 Å². The standard InChI is InChI=1S/C13H12F4N2/c1-7-5-8(6-7)19-11-9(12(14)18-19)3-2-4-10(11)13(15,16)17/h2-4,7-8H,5-6H2,1H3. The van der Waals surface area contributed by atoms with Crippen molar-refractivity contribution in [3.8, 4) is 0 Å². The molecule has 0 N–H and O–H groups in total. The quantitative estimate of drug-likeness (QED) is 0.712. The Hall–Kier alpha value is -1.59. The van der Waals surface area contributed by atoms with Crippen molar-refractivity contribution in [1.29, 1.82) is 0 Å². The van der Waals surface area contributed by atoms with E-state index < -0.39 is 17.7 Å². The van der Waals surface area contributed by atoms with E-state index in [1.54, 1.807) is 0 Å². The van der Waals surface area contributed by atoms with Gasteiger partial charge in [-0.05, 0) is 30.9 Å². The van der Waals surface area contributed by atoms with Gasteiger partial charge in [0, 0.05) is 0 Å². The molecule has 0 spiro atoms. The summed E-state index contributed by atoms with van der Waals surface area (Å²) in [6, 6.07) is 3.39. The van der Waals surface area contributed by atoms with Gasteiger partial charge >= 0.3 is 6.18 Å². The number of para-hydroxylation sites is 1. The lowest BCUT2D eigenvalue weighted by Gasteiger charge is -2.33. The van der Waals surface area contributed by atoms with E-state index in [1.165, 1.54) is 16.8 Å². The molecule has 1 aromatic carbocycles. The molecule has 1 aliphatic carbocycles. The first-order chi connectivity index (χ1) is 8.88. The Morgan fingerprint density at radius 3 is 2.53 bits per heavy atom. The molecule has 0 saturated heterocycles. The number of fused-ring (bicyclic) bond motifs is 1. The Morgan fingerprint density at radius 1 is 1.26 bits per heavy atom. The number of alkyl halides is 3. The minimum Gasteiger partial charge on any atom is -0.258 e. The van der Waals surface area contributed by atoms with Gasteiger partial charge in [0.25, 0.3) is 0 Å². The van der Waals surface area contributed by atoms with Crippen LogP contribution in [0.5, 0.6) is 0 Å². The Kier molecular flexibility index (Phi) is 2.59. The summed E-state index contributed by atoms with van der Waals surface area (Å²) in [5, 5.41) is 3.61. The molecule has 2 nitrogen and oxygen atoms in total. The summed E-state index contributed by atoms with van der Waals surface area (Å²) in [5.74, 6) is -0.383. The maximum Gasteiger partial charge on any atom is 0.418 e. The van der Waals surface area contributed by atoms with Crippen molar-refractivity contribution in [3.05, 3.63) is 29.7 Å². The first-order valence-electron chi connectivity index (χ1n) is 6.12. The van der Waals surface area contributed by atoms with Crippen LogP contribution in [-0.4, -0.2) is 9.78 Å². The van der Waals surface area contributed by atoms with Gasteiger partial charge in [-0.15, -0.1) is 5.10 Å². The van der Waals surface area contributed by atoms with E-state index in [1.807, 2.05) is 6.92 Å². The van der Waals surface area contributed by atoms with Crippen molar-refractivity contribution < 1.29 is 17.6 Å². The fourth-order valence-corrected chi connectivity index (χ4v) is 2.71. The van der Waals surface area contributed by atoms with Gasteiger partial charge in [0.15, 0.2) is 0 Å². The molecule has 2 aromatic rings. The van der Waals surface area contributed by atoms with Crippen molar-refractivity contribution in [2.75, 3.05) is 0 Å². The maximum absolute atomic E-state index is 13.7. The number of aromatic nitrogens is 2. The van der Waals surface area contributed by atoms with E-state index in [2.05, 4.69) is 5.10 Å². The molecule has 3 rings (SSSR count). The predicted molar refractivity (Wildman–Crippen MR) is 62.1 cm³/mol. The Bertz CT molecular complexity index is 623. The van der Waals surface area contributed by atoms with Crippen LogP contribution in [0.3, 0.4) is 0 Å². The summed E-state index contributed by atoms with van der Waals surface area (Å²) in [5.41, 5.74) is -0.953. The topological polar surface area (TPSA) is 17.8 Å². The molecule has 0 radical (unpaired) electrons. The smallest absolute Gasteiger partial charge is 0.258 e. The van der Waals surface area contributed by atoms with Crippen LogP contribution in [0.1, 0.15) is 31.4 Å². The molecule has 0 aliphatic heterocycles. The zero-order chi connectivity index (χ0) is 13.8. The minimum absolute atomic E-state index is 0.0608. The van der Waals surface area contributed by atoms with Crippen LogP contribution in [0.4, 0.5) is 17.6 Å². The molecule has 0 amide bonds. The maximum atomic E-state index is 13.7. The molecule has 1 fully saturated rings. The normalized spacial score (nSPS) is 23.6. The lowest BCUT2D eigenvalue weighted by Crippen LogP contribution is -2.26. The van der Waals surface area contributed by atoms with Crippen molar-refractivity contribution >= 4 is 10.9 Å². The molecule has 1 aromatic heterocycles. The van der Waals surface area contributed by atoms with Crippen molar-refractivity contribution in [3.63, 3.8) is 0 Å². The molecule has 1 saturated carbocycles. The predicted octanol–water partition coefficient (Wildman–Crippen LogP) is 4.17. The molecule has 1 heterocycles. The third-order valence-electron chi connectivity index (χ3n) is 3.68. The molecule has 0 unspecified atom stereocenters. The molecule has 19 heavy (non-hydrogen) atoms. The highest BCUT2D eigenvalue weighted by molar-refractivity contribution is 5.83. The fourth-order valence-electron chi connectivity index (χ4n) is 2.71. The summed E-state index contributed by atoms with van der Waals surface area (Å²) in [7, 11) is 0. The molecule has 0 atom stereocenters. The third kappa shape index (κ3) is 1.89. The van der Waals surface area contributed by atoms with Gasteiger partial charge in [-0.1, -0.05) is 13.0 Å². The van der Waals surface area contributed by atoms with Crippen LogP contribution in [0.25, 0.3) is 10.9 Å². The number of rotatable bonds is 1. The highest BCUT2D eigenvalue weighted by Crippen LogP contribution is 2.42. The molecule has 102 valence electrons. The lowest BCUT2D eigenvalue weighted by atomic mass is 9.82. The number of benzene rings is 1. The Balaban J connectivity index is 2.22. The average molecular weight is 272 g/mol. The third-order valence-corrected chi connectivity index (χ3v) is 3.68. The summed E-state index contributed by atoms with van der Waals surface area (Å²) >= 11 is 0. The highest BCUT2D eigenvalue weighted by atomic mass is 19.4. The van der Waals surface area contributed by atoms with E-state index in [4.69, 9.17) is 0 Å². The van der Waals surface area contributed by atoms with Gasteiger partial charge in [-0.2, -0.15) is 17.6 Å². The summed E-state index contributed by atoms with van der Waals surface area (Å²) < 4.78 is 53.9. The molecular formula is C13H12F4N2. The van der Waals surface area contributed by atoms with E-state index in [0.29, 0.717) is 5.92 Å². The summed E-state index contributed by atoms with van der Waals surface area (Å²) in [6.07, 6.45) is -3.02. The minimum atomic E-state index is -4.50. The monoisotopic (exact) mass is 272 g/mol. The second-order valence-electron chi connectivity index (χ2n) is 5.17. The summed E-state index contributed by atoms with van der Waals surface area (Å²) in [6.45, 7) is 2.02. The average Bonchev–Trinajstić information content (AvgIpc) is 2.61. The largest absolute Gasteiger partial charge is 0.418 e. The molecule has 6 heteroatoms. The Labute approximate surface area is 107 Å². The van der Waals surface area contributed by atoms with Crippen LogP contribution in [0.15, 0.2) is 18.2 Å². The van der Waals surface area contributed by atoms with E-state index in [-0.39, 0.29) is 16.9 Å². The zero-order valence-corrected chi connectivity index (χ0v) is 10.2. The molecule has 0 bridgehead atoms. The van der Waals surface area contributed by atoms with Crippen LogP contribution in [-0.2, 0) is 6.18 Å². The van der Waals surface area contributed by atoms with E-state index in [0.717, 1.165) is 18.9 Å². The Morgan fingerprint density at radius 2 is 1.95 bits per heavy atom. The molecular weight excluding hydrogens is 260 g/mol. The SMILES string of the molecule is CC1CC(n2nc(F)c3cccc(C(F)(F)F)c32)C1. The number of hydrogen-bond acceptors (Lipinski definition) is 1. The van der Waals surface area contributed by atoms with Gasteiger partial charge in [-0.25, -0.2) is 0 Å². The number of nitrogens with zero attached hydrogens (tertiary/aromatic N) is 2. The van der Waals surface area contributed by atoms with Gasteiger partial charge in [0.05, 0.1) is 22.5 Å². The van der Waals surface area contributed by atoms with E-state index in [9.17, 15) is 17.6 Å². The van der Waals surface area contributed by atoms with Crippen LogP contribution in [0, 0.1) is 11.9 Å². The van der Waals surface area contributed by atoms with Crippen molar-refractivity contribution in [2.24, 2.45) is 5.92 Å². The fraction of sp³-hybridized carbons (Fsp3) is 0.462. The second-order valence-corrected chi connectivity index (χ2v) is 5.17. The summed E-state index contributed by atoms with van der Waals surface area (Å²) in [4.78, 5) is 0. The van der Waals surface area contributed by atoms with Crippen LogP contribution in [0.2, 0.25) is 0 Å². The highest BCUT2D eigenvalue weighted by Gasteiger charge is 2.37. The van der Waals surface area contributed by atoms with E-state index >= 15 is 0 Å². The van der Waals surface area contributed by atoms with Crippen molar-refractivity contribution in [2.45, 2.75) is 32.0 Å². The number of halogens is 4. The first kappa shape index (κ1) is 12.4. The van der Waals surface area contributed by atoms with Gasteiger partial charge in [0.2, 0.25) is 5.95 Å². The first-order valence-corrected chi connectivity index (χ1v) is 6.12.